The van der Waals surface area contributed by atoms with Gasteiger partial charge in [-0.05, 0) is 50.2 Å². The largest absolute Gasteiger partial charge is 0.355 e. The number of benzene rings is 1. The van der Waals surface area contributed by atoms with Gasteiger partial charge in [0.05, 0.1) is 6.20 Å². The lowest BCUT2D eigenvalue weighted by atomic mass is 10.1. The van der Waals surface area contributed by atoms with Crippen LogP contribution >= 0.6 is 0 Å². The molecule has 0 bridgehead atoms. The summed E-state index contributed by atoms with van der Waals surface area (Å²) in [4.78, 5) is 3.28. The number of nitrogens with one attached hydrogen (secondary N) is 2. The second-order valence-corrected chi connectivity index (χ2v) is 5.66. The van der Waals surface area contributed by atoms with E-state index in [-0.39, 0.29) is 0 Å². The van der Waals surface area contributed by atoms with Crippen LogP contribution in [0.5, 0.6) is 0 Å². The van der Waals surface area contributed by atoms with E-state index in [4.69, 9.17) is 0 Å². The molecule has 0 saturated heterocycles. The van der Waals surface area contributed by atoms with Crippen molar-refractivity contribution in [2.24, 2.45) is 7.05 Å². The molecule has 0 radical (unpaired) electrons. The monoisotopic (exact) mass is 310 g/mol. The maximum absolute atomic E-state index is 4.06. The topological polar surface area (TPSA) is 45.6 Å². The van der Waals surface area contributed by atoms with Crippen LogP contribution in [-0.4, -0.2) is 21.8 Å². The molecule has 2 heterocycles. The van der Waals surface area contributed by atoms with Gasteiger partial charge in [0.25, 0.3) is 0 Å². The fourth-order valence-corrected chi connectivity index (χ4v) is 2.36. The van der Waals surface area contributed by atoms with E-state index in [9.17, 15) is 0 Å². The van der Waals surface area contributed by atoms with Gasteiger partial charge in [0.2, 0.25) is 0 Å². The number of rotatable bonds is 4. The molecule has 122 valence electrons. The van der Waals surface area contributed by atoms with E-state index in [0.29, 0.717) is 6.04 Å². The first kappa shape index (κ1) is 17.0. The Morgan fingerprint density at radius 1 is 1.39 bits per heavy atom. The van der Waals surface area contributed by atoms with Crippen molar-refractivity contribution < 1.29 is 0 Å². The molecule has 23 heavy (non-hydrogen) atoms. The number of aromatic nitrogens is 3. The summed E-state index contributed by atoms with van der Waals surface area (Å²) in [7, 11) is 3.86. The van der Waals surface area contributed by atoms with Crippen LogP contribution in [0, 0.1) is 0 Å². The van der Waals surface area contributed by atoms with E-state index in [1.165, 1.54) is 22.0 Å². The van der Waals surface area contributed by atoms with E-state index in [1.807, 2.05) is 37.2 Å². The normalized spacial score (nSPS) is 11.8. The van der Waals surface area contributed by atoms with Gasteiger partial charge in [0.15, 0.2) is 0 Å². The minimum absolute atomic E-state index is 0.397. The zero-order chi connectivity index (χ0) is 16.8. The van der Waals surface area contributed by atoms with Gasteiger partial charge in [-0.25, -0.2) is 0 Å². The molecular weight excluding hydrogens is 284 g/mol. The molecule has 0 aliphatic rings. The first-order valence-electron chi connectivity index (χ1n) is 7.97. The molecule has 0 aliphatic carbocycles. The standard InChI is InChI=1S/C12H13N.C7H13N3/c1-3-9-5-6-12-10(7-9)8-11(4-2)13-12;1-6(8-2)7-4-9-10(3)5-7/h4-8,13H,2-3H2,1H3;4-6,8H,1-3H3. The number of aryl methyl sites for hydroxylation is 2. The Morgan fingerprint density at radius 3 is 2.74 bits per heavy atom. The highest BCUT2D eigenvalue weighted by molar-refractivity contribution is 5.83. The lowest BCUT2D eigenvalue weighted by Gasteiger charge is -2.04. The van der Waals surface area contributed by atoms with Gasteiger partial charge in [-0.3, -0.25) is 4.68 Å². The van der Waals surface area contributed by atoms with Crippen molar-refractivity contribution in [2.45, 2.75) is 26.3 Å². The van der Waals surface area contributed by atoms with Crippen molar-refractivity contribution in [3.8, 4) is 0 Å². The van der Waals surface area contributed by atoms with Crippen molar-refractivity contribution >= 4 is 17.0 Å². The zero-order valence-electron chi connectivity index (χ0n) is 14.4. The summed E-state index contributed by atoms with van der Waals surface area (Å²) < 4.78 is 1.81. The lowest BCUT2D eigenvalue weighted by molar-refractivity contribution is 0.651. The van der Waals surface area contributed by atoms with Gasteiger partial charge in [-0.15, -0.1) is 0 Å². The predicted octanol–water partition coefficient (Wildman–Crippen LogP) is 4.07. The lowest BCUT2D eigenvalue weighted by Crippen LogP contribution is -2.11. The average molecular weight is 310 g/mol. The number of H-pyrrole nitrogens is 1. The fraction of sp³-hybridized carbons (Fsp3) is 0.316. The summed E-state index contributed by atoms with van der Waals surface area (Å²) in [5.41, 5.74) is 4.88. The molecule has 2 N–H and O–H groups in total. The second-order valence-electron chi connectivity index (χ2n) is 5.66. The highest BCUT2D eigenvalue weighted by atomic mass is 15.2. The molecule has 2 aromatic heterocycles. The Hall–Kier alpha value is -2.33. The summed E-state index contributed by atoms with van der Waals surface area (Å²) in [5.74, 6) is 0. The van der Waals surface area contributed by atoms with Crippen LogP contribution in [0.4, 0.5) is 0 Å². The number of nitrogens with zero attached hydrogens (tertiary/aromatic N) is 2. The van der Waals surface area contributed by atoms with Crippen LogP contribution < -0.4 is 5.32 Å². The van der Waals surface area contributed by atoms with Gasteiger partial charge in [-0.1, -0.05) is 19.6 Å². The molecule has 0 spiro atoms. The third kappa shape index (κ3) is 4.33. The molecule has 0 saturated carbocycles. The smallest absolute Gasteiger partial charge is 0.0537 e. The first-order valence-corrected chi connectivity index (χ1v) is 7.97. The maximum Gasteiger partial charge on any atom is 0.0537 e. The van der Waals surface area contributed by atoms with Crippen LogP contribution in [-0.2, 0) is 13.5 Å². The Morgan fingerprint density at radius 2 is 2.17 bits per heavy atom. The Kier molecular flexibility index (Phi) is 5.77. The first-order chi connectivity index (χ1) is 11.1. The molecule has 4 nitrogen and oxygen atoms in total. The third-order valence-electron chi connectivity index (χ3n) is 3.99. The SMILES string of the molecule is C=Cc1cc2cc(CC)ccc2[nH]1.CNC(C)c1cnn(C)c1. The summed E-state index contributed by atoms with van der Waals surface area (Å²) in [6.07, 6.45) is 6.82. The number of hydrogen-bond acceptors (Lipinski definition) is 2. The van der Waals surface area contributed by atoms with Crippen molar-refractivity contribution in [3.63, 3.8) is 0 Å². The Bertz CT molecular complexity index is 767. The van der Waals surface area contributed by atoms with E-state index < -0.39 is 0 Å². The van der Waals surface area contributed by atoms with Gasteiger partial charge in [0, 0.05) is 41.4 Å². The Balaban J connectivity index is 0.000000174. The van der Waals surface area contributed by atoms with Crippen molar-refractivity contribution in [1.82, 2.24) is 20.1 Å². The molecule has 3 aromatic rings. The molecule has 3 rings (SSSR count). The molecule has 0 aliphatic heterocycles. The van der Waals surface area contributed by atoms with Gasteiger partial charge in [0.1, 0.15) is 0 Å². The molecule has 0 fully saturated rings. The molecular formula is C19H26N4. The summed E-state index contributed by atoms with van der Waals surface area (Å²) in [6, 6.07) is 9.03. The van der Waals surface area contributed by atoms with Crippen molar-refractivity contribution in [3.05, 3.63) is 60.1 Å². The van der Waals surface area contributed by atoms with Crippen LogP contribution in [0.25, 0.3) is 17.0 Å². The van der Waals surface area contributed by atoms with E-state index in [0.717, 1.165) is 12.1 Å². The van der Waals surface area contributed by atoms with Crippen molar-refractivity contribution in [1.29, 1.82) is 0 Å². The van der Waals surface area contributed by atoms with Crippen LogP contribution in [0.3, 0.4) is 0 Å². The second kappa shape index (κ2) is 7.79. The molecule has 1 aromatic carbocycles. The Labute approximate surface area is 138 Å². The summed E-state index contributed by atoms with van der Waals surface area (Å²) in [6.45, 7) is 8.01. The number of hydrogen-bond donors (Lipinski definition) is 2. The van der Waals surface area contributed by atoms with E-state index in [1.54, 1.807) is 0 Å². The van der Waals surface area contributed by atoms with Crippen molar-refractivity contribution in [2.75, 3.05) is 7.05 Å². The molecule has 0 amide bonds. The number of fused-ring (bicyclic) bond motifs is 1. The van der Waals surface area contributed by atoms with E-state index in [2.05, 4.69) is 60.1 Å². The van der Waals surface area contributed by atoms with E-state index >= 15 is 0 Å². The molecule has 4 heteroatoms. The quantitative estimate of drug-likeness (QED) is 0.763. The summed E-state index contributed by atoms with van der Waals surface area (Å²) >= 11 is 0. The number of aromatic amines is 1. The third-order valence-corrected chi connectivity index (χ3v) is 3.99. The van der Waals surface area contributed by atoms with Crippen LogP contribution in [0.15, 0.2) is 43.2 Å². The van der Waals surface area contributed by atoms with Gasteiger partial charge < -0.3 is 10.3 Å². The zero-order valence-corrected chi connectivity index (χ0v) is 14.4. The van der Waals surface area contributed by atoms with Crippen LogP contribution in [0.2, 0.25) is 0 Å². The average Bonchev–Trinajstić information content (AvgIpc) is 3.19. The highest BCUT2D eigenvalue weighted by Crippen LogP contribution is 2.18. The van der Waals surface area contributed by atoms with Gasteiger partial charge in [-0.2, -0.15) is 5.10 Å². The fourth-order valence-electron chi connectivity index (χ4n) is 2.36. The minimum atomic E-state index is 0.397. The molecule has 1 unspecified atom stereocenters. The highest BCUT2D eigenvalue weighted by Gasteiger charge is 2.02. The molecule has 1 atom stereocenters. The van der Waals surface area contributed by atoms with Crippen LogP contribution in [0.1, 0.15) is 36.7 Å². The predicted molar refractivity (Wildman–Crippen MR) is 98.5 cm³/mol. The minimum Gasteiger partial charge on any atom is -0.355 e. The maximum atomic E-state index is 4.06. The summed E-state index contributed by atoms with van der Waals surface area (Å²) in [5, 5.41) is 8.48. The van der Waals surface area contributed by atoms with Gasteiger partial charge >= 0.3 is 0 Å².